The van der Waals surface area contributed by atoms with E-state index in [9.17, 15) is 0 Å². The third kappa shape index (κ3) is 2.59. The molecule has 0 aromatic heterocycles. The van der Waals surface area contributed by atoms with Gasteiger partial charge in [-0.1, -0.05) is 24.5 Å². The molecule has 118 valence electrons. The third-order valence-corrected chi connectivity index (χ3v) is 7.06. The van der Waals surface area contributed by atoms with Crippen molar-refractivity contribution in [3.8, 4) is 0 Å². The van der Waals surface area contributed by atoms with Crippen molar-refractivity contribution in [1.29, 1.82) is 0 Å². The van der Waals surface area contributed by atoms with Crippen LogP contribution in [0.4, 0.5) is 0 Å². The molecule has 4 fully saturated rings. The maximum atomic E-state index is 6.12. The summed E-state index contributed by atoms with van der Waals surface area (Å²) >= 11 is 0. The van der Waals surface area contributed by atoms with Gasteiger partial charge < -0.3 is 0 Å². The van der Waals surface area contributed by atoms with Gasteiger partial charge in [-0.15, -0.1) is 0 Å². The highest BCUT2D eigenvalue weighted by atomic mass is 15.2. The van der Waals surface area contributed by atoms with E-state index in [1.54, 1.807) is 5.57 Å². The fourth-order valence-corrected chi connectivity index (χ4v) is 6.69. The van der Waals surface area contributed by atoms with E-state index in [0.717, 1.165) is 17.8 Å². The Balaban J connectivity index is 1.60. The van der Waals surface area contributed by atoms with E-state index in [1.165, 1.54) is 77.0 Å². The standard InChI is InChI=1S/C19H32N2/c20-21-18(17-6-4-2-1-3-5-7-17)19-11-14-8-15(12-19)10-16(9-14)13-19/h6,14-16,18,21H,1-5,7-13,20H2. The first-order chi connectivity index (χ1) is 10.3. The zero-order valence-electron chi connectivity index (χ0n) is 13.4. The molecule has 3 N–H and O–H groups in total. The Kier molecular flexibility index (Phi) is 3.87. The van der Waals surface area contributed by atoms with E-state index in [0.29, 0.717) is 11.5 Å². The molecule has 0 heterocycles. The normalized spacial score (nSPS) is 44.0. The molecule has 0 aromatic carbocycles. The predicted octanol–water partition coefficient (Wildman–Crippen LogP) is 4.32. The zero-order valence-corrected chi connectivity index (χ0v) is 13.4. The van der Waals surface area contributed by atoms with Crippen molar-refractivity contribution in [2.45, 2.75) is 83.1 Å². The molecule has 0 spiro atoms. The van der Waals surface area contributed by atoms with Gasteiger partial charge in [0.2, 0.25) is 0 Å². The van der Waals surface area contributed by atoms with Crippen LogP contribution >= 0.6 is 0 Å². The van der Waals surface area contributed by atoms with E-state index >= 15 is 0 Å². The molecular weight excluding hydrogens is 256 g/mol. The zero-order chi connectivity index (χ0) is 14.3. The maximum absolute atomic E-state index is 6.12. The fourth-order valence-electron chi connectivity index (χ4n) is 6.69. The molecule has 4 saturated carbocycles. The summed E-state index contributed by atoms with van der Waals surface area (Å²) in [5.74, 6) is 9.17. The van der Waals surface area contributed by atoms with Crippen molar-refractivity contribution >= 4 is 0 Å². The predicted molar refractivity (Wildman–Crippen MR) is 87.5 cm³/mol. The van der Waals surface area contributed by atoms with Gasteiger partial charge in [0.15, 0.2) is 0 Å². The number of hydrogen-bond acceptors (Lipinski definition) is 2. The molecule has 0 saturated heterocycles. The van der Waals surface area contributed by atoms with Crippen LogP contribution in [-0.4, -0.2) is 6.04 Å². The van der Waals surface area contributed by atoms with Crippen molar-refractivity contribution in [2.75, 3.05) is 0 Å². The molecule has 0 radical (unpaired) electrons. The second kappa shape index (κ2) is 5.70. The highest BCUT2D eigenvalue weighted by Gasteiger charge is 2.54. The van der Waals surface area contributed by atoms with Crippen molar-refractivity contribution < 1.29 is 0 Å². The molecule has 1 unspecified atom stereocenters. The summed E-state index contributed by atoms with van der Waals surface area (Å²) in [5, 5.41) is 0. The largest absolute Gasteiger partial charge is 0.271 e. The van der Waals surface area contributed by atoms with Crippen molar-refractivity contribution in [3.63, 3.8) is 0 Å². The lowest BCUT2D eigenvalue weighted by molar-refractivity contribution is -0.0676. The summed E-state index contributed by atoms with van der Waals surface area (Å²) in [6.07, 6.45) is 19.6. The first-order valence-corrected chi connectivity index (χ1v) is 9.44. The van der Waals surface area contributed by atoms with E-state index < -0.39 is 0 Å². The smallest absolute Gasteiger partial charge is 0.0476 e. The van der Waals surface area contributed by atoms with Gasteiger partial charge in [0.05, 0.1) is 0 Å². The van der Waals surface area contributed by atoms with E-state index in [4.69, 9.17) is 5.84 Å². The Labute approximate surface area is 129 Å². The van der Waals surface area contributed by atoms with Crippen molar-refractivity contribution in [1.82, 2.24) is 5.43 Å². The summed E-state index contributed by atoms with van der Waals surface area (Å²) in [7, 11) is 0. The van der Waals surface area contributed by atoms with Gasteiger partial charge >= 0.3 is 0 Å². The Bertz CT molecular complexity index is 377. The van der Waals surface area contributed by atoms with Crippen LogP contribution in [0.2, 0.25) is 0 Å². The molecule has 21 heavy (non-hydrogen) atoms. The minimum Gasteiger partial charge on any atom is -0.271 e. The van der Waals surface area contributed by atoms with Gasteiger partial charge in [-0.3, -0.25) is 11.3 Å². The molecule has 5 aliphatic rings. The van der Waals surface area contributed by atoms with E-state index in [1.807, 2.05) is 0 Å². The number of nitrogens with two attached hydrogens (primary N) is 1. The number of nitrogens with one attached hydrogen (secondary N) is 1. The van der Waals surface area contributed by atoms with Gasteiger partial charge in [-0.25, -0.2) is 0 Å². The second-order valence-electron chi connectivity index (χ2n) is 8.61. The lowest BCUT2D eigenvalue weighted by Crippen LogP contribution is -2.58. The summed E-state index contributed by atoms with van der Waals surface area (Å²) in [4.78, 5) is 0. The second-order valence-corrected chi connectivity index (χ2v) is 8.61. The summed E-state index contributed by atoms with van der Waals surface area (Å²) in [5.41, 5.74) is 5.48. The summed E-state index contributed by atoms with van der Waals surface area (Å²) in [6.45, 7) is 0. The van der Waals surface area contributed by atoms with Crippen LogP contribution in [0, 0.1) is 23.2 Å². The van der Waals surface area contributed by atoms with Gasteiger partial charge in [-0.05, 0) is 87.4 Å². The monoisotopic (exact) mass is 288 g/mol. The van der Waals surface area contributed by atoms with E-state index in [2.05, 4.69) is 11.5 Å². The van der Waals surface area contributed by atoms with Crippen LogP contribution in [0.3, 0.4) is 0 Å². The van der Waals surface area contributed by atoms with Gasteiger partial charge in [-0.2, -0.15) is 0 Å². The molecule has 0 aromatic rings. The molecular formula is C19H32N2. The quantitative estimate of drug-likeness (QED) is 0.461. The Morgan fingerprint density at radius 3 is 2.19 bits per heavy atom. The topological polar surface area (TPSA) is 38.0 Å². The Morgan fingerprint density at radius 1 is 0.952 bits per heavy atom. The number of allylic oxidation sites excluding steroid dienone is 1. The first kappa shape index (κ1) is 14.3. The van der Waals surface area contributed by atoms with E-state index in [-0.39, 0.29) is 0 Å². The van der Waals surface area contributed by atoms with Gasteiger partial charge in [0.1, 0.15) is 0 Å². The van der Waals surface area contributed by atoms with Crippen LogP contribution in [0.5, 0.6) is 0 Å². The average molecular weight is 288 g/mol. The van der Waals surface area contributed by atoms with Crippen LogP contribution in [0.1, 0.15) is 77.0 Å². The lowest BCUT2D eigenvalue weighted by atomic mass is 9.47. The molecule has 5 rings (SSSR count). The maximum Gasteiger partial charge on any atom is 0.0476 e. The highest BCUT2D eigenvalue weighted by molar-refractivity contribution is 5.20. The Hall–Kier alpha value is -0.340. The number of rotatable bonds is 3. The average Bonchev–Trinajstić information content (AvgIpc) is 2.39. The molecule has 2 nitrogen and oxygen atoms in total. The Morgan fingerprint density at radius 2 is 1.57 bits per heavy atom. The number of hydrazine groups is 1. The first-order valence-electron chi connectivity index (χ1n) is 9.44. The van der Waals surface area contributed by atoms with Crippen LogP contribution < -0.4 is 11.3 Å². The number of hydrogen-bond donors (Lipinski definition) is 2. The third-order valence-electron chi connectivity index (χ3n) is 7.06. The molecule has 2 heteroatoms. The van der Waals surface area contributed by atoms with Crippen molar-refractivity contribution in [2.24, 2.45) is 29.0 Å². The van der Waals surface area contributed by atoms with Crippen molar-refractivity contribution in [3.05, 3.63) is 11.6 Å². The van der Waals surface area contributed by atoms with Gasteiger partial charge in [0, 0.05) is 6.04 Å². The van der Waals surface area contributed by atoms with Gasteiger partial charge in [0.25, 0.3) is 0 Å². The molecule has 1 atom stereocenters. The van der Waals surface area contributed by atoms with Crippen LogP contribution in [0.15, 0.2) is 11.6 Å². The van der Waals surface area contributed by atoms with Crippen LogP contribution in [0.25, 0.3) is 0 Å². The highest BCUT2D eigenvalue weighted by Crippen LogP contribution is 2.62. The minimum atomic E-state index is 0.476. The fraction of sp³-hybridized carbons (Fsp3) is 0.895. The van der Waals surface area contributed by atoms with Crippen LogP contribution in [-0.2, 0) is 0 Å². The lowest BCUT2D eigenvalue weighted by Gasteiger charge is -2.59. The summed E-state index contributed by atoms with van der Waals surface area (Å²) in [6, 6.07) is 0.476. The minimum absolute atomic E-state index is 0.476. The molecule has 5 aliphatic carbocycles. The SMILES string of the molecule is NNC(C1=CCCCCCC1)C12CC3CC(CC(C3)C1)C2. The molecule has 0 amide bonds. The molecule has 0 aliphatic heterocycles. The summed E-state index contributed by atoms with van der Waals surface area (Å²) < 4.78 is 0. The molecule has 4 bridgehead atoms.